The van der Waals surface area contributed by atoms with Gasteiger partial charge in [-0.1, -0.05) is 15.9 Å². The number of nitrogens with one attached hydrogen (secondary N) is 1. The van der Waals surface area contributed by atoms with Gasteiger partial charge in [0.1, 0.15) is 5.75 Å². The number of hydrogen-bond donors (Lipinski definition) is 3. The molecule has 1 aromatic carbocycles. The van der Waals surface area contributed by atoms with Crippen LogP contribution in [-0.4, -0.2) is 17.1 Å². The summed E-state index contributed by atoms with van der Waals surface area (Å²) >= 11 is 3.23. The topological polar surface area (TPSA) is 75.4 Å². The molecule has 1 rings (SSSR count). The van der Waals surface area contributed by atoms with E-state index in [1.165, 1.54) is 6.07 Å². The molecule has 1 amide bonds. The highest BCUT2D eigenvalue weighted by atomic mass is 79.9. The number of phenols is 1. The fourth-order valence-corrected chi connectivity index (χ4v) is 1.22. The monoisotopic (exact) mass is 258 g/mol. The van der Waals surface area contributed by atoms with Crippen LogP contribution in [0.5, 0.6) is 5.75 Å². The quantitative estimate of drug-likeness (QED) is 0.703. The third-order valence-corrected chi connectivity index (χ3v) is 2.12. The Morgan fingerprint density at radius 3 is 2.86 bits per heavy atom. The summed E-state index contributed by atoms with van der Waals surface area (Å²) in [5.41, 5.74) is 5.72. The van der Waals surface area contributed by atoms with Crippen molar-refractivity contribution in [3.63, 3.8) is 0 Å². The lowest BCUT2D eigenvalue weighted by Gasteiger charge is -2.09. The summed E-state index contributed by atoms with van der Waals surface area (Å²) in [5.74, 6) is -0.319. The van der Waals surface area contributed by atoms with Gasteiger partial charge in [0.2, 0.25) is 5.91 Å². The van der Waals surface area contributed by atoms with Crippen molar-refractivity contribution >= 4 is 27.5 Å². The lowest BCUT2D eigenvalue weighted by Crippen LogP contribution is -2.32. The molecule has 0 aliphatic heterocycles. The summed E-state index contributed by atoms with van der Waals surface area (Å²) in [6.45, 7) is 1.57. The number of rotatable bonds is 2. The maximum atomic E-state index is 11.2. The SMILES string of the molecule is C[C@@H](N)C(=O)Nc1cc(Br)ccc1O. The minimum Gasteiger partial charge on any atom is -0.506 e. The zero-order chi connectivity index (χ0) is 10.7. The predicted molar refractivity (Wildman–Crippen MR) is 58.1 cm³/mol. The molecule has 4 nitrogen and oxygen atoms in total. The van der Waals surface area contributed by atoms with E-state index in [-0.39, 0.29) is 11.7 Å². The molecule has 0 unspecified atom stereocenters. The molecule has 0 saturated carbocycles. The third kappa shape index (κ3) is 2.71. The van der Waals surface area contributed by atoms with Crippen molar-refractivity contribution in [3.8, 4) is 5.75 Å². The predicted octanol–water partition coefficient (Wildman–Crippen LogP) is 1.44. The number of aromatic hydroxyl groups is 1. The van der Waals surface area contributed by atoms with E-state index in [1.54, 1.807) is 19.1 Å². The number of anilines is 1. The number of phenolic OH excluding ortho intramolecular Hbond substituents is 1. The van der Waals surface area contributed by atoms with Crippen molar-refractivity contribution in [1.82, 2.24) is 0 Å². The van der Waals surface area contributed by atoms with Gasteiger partial charge in [0.15, 0.2) is 0 Å². The molecular formula is C9H11BrN2O2. The summed E-state index contributed by atoms with van der Waals surface area (Å²) in [6, 6.07) is 4.17. The molecule has 0 bridgehead atoms. The summed E-state index contributed by atoms with van der Waals surface area (Å²) < 4.78 is 0.773. The van der Waals surface area contributed by atoms with Crippen molar-refractivity contribution in [2.24, 2.45) is 5.73 Å². The van der Waals surface area contributed by atoms with Crippen LogP contribution in [0, 0.1) is 0 Å². The summed E-state index contributed by atoms with van der Waals surface area (Å²) in [7, 11) is 0. The van der Waals surface area contributed by atoms with Crippen molar-refractivity contribution in [2.75, 3.05) is 5.32 Å². The second-order valence-electron chi connectivity index (χ2n) is 2.94. The molecule has 0 aliphatic carbocycles. The normalized spacial score (nSPS) is 12.2. The Morgan fingerprint density at radius 1 is 1.64 bits per heavy atom. The van der Waals surface area contributed by atoms with E-state index in [0.29, 0.717) is 5.69 Å². The summed E-state index contributed by atoms with van der Waals surface area (Å²) in [5, 5.41) is 11.9. The molecule has 4 N–H and O–H groups in total. The van der Waals surface area contributed by atoms with Gasteiger partial charge >= 0.3 is 0 Å². The van der Waals surface area contributed by atoms with Gasteiger partial charge in [-0.25, -0.2) is 0 Å². The van der Waals surface area contributed by atoms with E-state index >= 15 is 0 Å². The summed E-state index contributed by atoms with van der Waals surface area (Å²) in [4.78, 5) is 11.2. The van der Waals surface area contributed by atoms with Crippen LogP contribution in [0.4, 0.5) is 5.69 Å². The Labute approximate surface area is 90.2 Å². The molecule has 0 spiro atoms. The van der Waals surface area contributed by atoms with Gasteiger partial charge in [0.25, 0.3) is 0 Å². The maximum Gasteiger partial charge on any atom is 0.241 e. The second-order valence-corrected chi connectivity index (χ2v) is 3.86. The van der Waals surface area contributed by atoms with Crippen LogP contribution in [0.1, 0.15) is 6.92 Å². The standard InChI is InChI=1S/C9H11BrN2O2/c1-5(11)9(14)12-7-4-6(10)2-3-8(7)13/h2-5,13H,11H2,1H3,(H,12,14)/t5-/m1/s1. The van der Waals surface area contributed by atoms with Crippen LogP contribution in [-0.2, 0) is 4.79 Å². The Bertz CT molecular complexity index is 353. The molecular weight excluding hydrogens is 248 g/mol. The average molecular weight is 259 g/mol. The Morgan fingerprint density at radius 2 is 2.29 bits per heavy atom. The van der Waals surface area contributed by atoms with Crippen molar-refractivity contribution in [2.45, 2.75) is 13.0 Å². The Balaban J connectivity index is 2.86. The summed E-state index contributed by atoms with van der Waals surface area (Å²) in [6.07, 6.45) is 0. The molecule has 5 heteroatoms. The van der Waals surface area contributed by atoms with Crippen LogP contribution in [0.2, 0.25) is 0 Å². The van der Waals surface area contributed by atoms with E-state index in [9.17, 15) is 9.90 Å². The molecule has 1 aromatic rings. The number of benzene rings is 1. The molecule has 0 fully saturated rings. The number of carbonyl (C=O) groups is 1. The minimum absolute atomic E-state index is 0.0159. The van der Waals surface area contributed by atoms with Crippen LogP contribution >= 0.6 is 15.9 Å². The van der Waals surface area contributed by atoms with E-state index in [4.69, 9.17) is 5.73 Å². The molecule has 0 heterocycles. The number of amides is 1. The number of halogens is 1. The first kappa shape index (κ1) is 11.0. The highest BCUT2D eigenvalue weighted by Crippen LogP contribution is 2.26. The van der Waals surface area contributed by atoms with E-state index < -0.39 is 6.04 Å². The van der Waals surface area contributed by atoms with Gasteiger partial charge in [0, 0.05) is 4.47 Å². The van der Waals surface area contributed by atoms with E-state index in [2.05, 4.69) is 21.2 Å². The second kappa shape index (κ2) is 4.43. The molecule has 76 valence electrons. The molecule has 0 saturated heterocycles. The zero-order valence-corrected chi connectivity index (χ0v) is 9.21. The third-order valence-electron chi connectivity index (χ3n) is 1.63. The van der Waals surface area contributed by atoms with E-state index in [1.807, 2.05) is 0 Å². The Kier molecular flexibility index (Phi) is 3.49. The minimum atomic E-state index is -0.603. The first-order valence-corrected chi connectivity index (χ1v) is 4.85. The molecule has 0 radical (unpaired) electrons. The van der Waals surface area contributed by atoms with Crippen LogP contribution in [0.15, 0.2) is 22.7 Å². The first-order chi connectivity index (χ1) is 6.50. The van der Waals surface area contributed by atoms with Gasteiger partial charge < -0.3 is 16.2 Å². The lowest BCUT2D eigenvalue weighted by molar-refractivity contribution is -0.117. The van der Waals surface area contributed by atoms with Gasteiger partial charge in [-0.05, 0) is 25.1 Å². The zero-order valence-electron chi connectivity index (χ0n) is 7.62. The number of carbonyl (C=O) groups excluding carboxylic acids is 1. The Hall–Kier alpha value is -1.07. The van der Waals surface area contributed by atoms with Gasteiger partial charge in [-0.3, -0.25) is 4.79 Å². The fraction of sp³-hybridized carbons (Fsp3) is 0.222. The molecule has 0 aliphatic rings. The van der Waals surface area contributed by atoms with Crippen molar-refractivity contribution in [3.05, 3.63) is 22.7 Å². The fourth-order valence-electron chi connectivity index (χ4n) is 0.855. The first-order valence-electron chi connectivity index (χ1n) is 4.05. The van der Waals surface area contributed by atoms with Crippen LogP contribution in [0.3, 0.4) is 0 Å². The van der Waals surface area contributed by atoms with Gasteiger partial charge in [-0.15, -0.1) is 0 Å². The highest BCUT2D eigenvalue weighted by molar-refractivity contribution is 9.10. The highest BCUT2D eigenvalue weighted by Gasteiger charge is 2.10. The van der Waals surface area contributed by atoms with E-state index in [0.717, 1.165) is 4.47 Å². The van der Waals surface area contributed by atoms with Gasteiger partial charge in [0.05, 0.1) is 11.7 Å². The average Bonchev–Trinajstić information content (AvgIpc) is 2.11. The number of hydrogen-bond acceptors (Lipinski definition) is 3. The van der Waals surface area contributed by atoms with Gasteiger partial charge in [-0.2, -0.15) is 0 Å². The maximum absolute atomic E-state index is 11.2. The van der Waals surface area contributed by atoms with Crippen LogP contribution < -0.4 is 11.1 Å². The molecule has 1 atom stereocenters. The molecule has 14 heavy (non-hydrogen) atoms. The smallest absolute Gasteiger partial charge is 0.241 e. The largest absolute Gasteiger partial charge is 0.506 e. The van der Waals surface area contributed by atoms with Crippen LogP contribution in [0.25, 0.3) is 0 Å². The number of nitrogens with two attached hydrogens (primary N) is 1. The lowest BCUT2D eigenvalue weighted by atomic mass is 10.2. The van der Waals surface area contributed by atoms with Crippen molar-refractivity contribution < 1.29 is 9.90 Å². The van der Waals surface area contributed by atoms with Crippen molar-refractivity contribution in [1.29, 1.82) is 0 Å². The molecule has 0 aromatic heterocycles.